The van der Waals surface area contributed by atoms with Crippen molar-refractivity contribution < 1.29 is 19.1 Å². The molecule has 8 heteroatoms. The Morgan fingerprint density at radius 3 is 2.65 bits per heavy atom. The Kier molecular flexibility index (Phi) is 4.69. The zero-order chi connectivity index (χ0) is 18.1. The van der Waals surface area contributed by atoms with Crippen LogP contribution in [0.4, 0.5) is 0 Å². The maximum absolute atomic E-state index is 13.1. The summed E-state index contributed by atoms with van der Waals surface area (Å²) in [6.07, 6.45) is 0. The van der Waals surface area contributed by atoms with Crippen LogP contribution in [-0.2, 0) is 4.79 Å². The second-order valence-corrected chi connectivity index (χ2v) is 6.92. The molecule has 1 aromatic carbocycles. The molecule has 2 amide bonds. The molecule has 0 radical (unpaired) electrons. The maximum atomic E-state index is 13.1. The Bertz CT molecular complexity index is 702. The van der Waals surface area contributed by atoms with Gasteiger partial charge in [0, 0.05) is 51.4 Å². The minimum absolute atomic E-state index is 0.0272. The zero-order valence-electron chi connectivity index (χ0n) is 14.9. The first kappa shape index (κ1) is 17.1. The van der Waals surface area contributed by atoms with Gasteiger partial charge < -0.3 is 29.5 Å². The molecule has 8 nitrogen and oxygen atoms in total. The van der Waals surface area contributed by atoms with Crippen molar-refractivity contribution in [3.63, 3.8) is 0 Å². The smallest absolute Gasteiger partial charge is 0.254 e. The number of nitrogens with one attached hydrogen (secondary N) is 1. The second-order valence-electron chi connectivity index (χ2n) is 6.92. The number of amides is 2. The molecule has 3 aliphatic rings. The van der Waals surface area contributed by atoms with Crippen molar-refractivity contribution in [3.05, 3.63) is 23.8 Å². The molecule has 26 heavy (non-hydrogen) atoms. The molecule has 0 unspecified atom stereocenters. The third-order valence-corrected chi connectivity index (χ3v) is 5.22. The van der Waals surface area contributed by atoms with E-state index in [0.717, 1.165) is 13.1 Å². The molecule has 0 saturated carbocycles. The Labute approximate surface area is 152 Å². The molecule has 0 aromatic heterocycles. The largest absolute Gasteiger partial charge is 0.454 e. The highest BCUT2D eigenvalue weighted by atomic mass is 16.7. The predicted octanol–water partition coefficient (Wildman–Crippen LogP) is -0.397. The van der Waals surface area contributed by atoms with E-state index in [1.807, 2.05) is 4.90 Å². The number of likely N-dealkylation sites (N-methyl/N-ethyl adjacent to an activating group) is 1. The third-order valence-electron chi connectivity index (χ3n) is 5.22. The van der Waals surface area contributed by atoms with Gasteiger partial charge >= 0.3 is 0 Å². The molecular weight excluding hydrogens is 336 g/mol. The average molecular weight is 360 g/mol. The summed E-state index contributed by atoms with van der Waals surface area (Å²) in [7, 11) is 2.06. The number of fused-ring (bicyclic) bond motifs is 1. The SMILES string of the molecule is CN1CCN(C(=O)[C@H]2CNCCN2C(=O)c2ccc3c(c2)OCO3)CC1. The molecule has 2 fully saturated rings. The Hall–Kier alpha value is -2.32. The van der Waals surface area contributed by atoms with Crippen LogP contribution in [-0.4, -0.2) is 92.2 Å². The standard InChI is InChI=1S/C18H24N4O4/c1-20-6-8-21(9-7-20)18(24)14-11-19-4-5-22(14)17(23)13-2-3-15-16(10-13)26-12-25-15/h2-3,10,14,19H,4-9,11-12H2,1H3/t14-/m1/s1. The molecule has 2 saturated heterocycles. The van der Waals surface area contributed by atoms with Crippen LogP contribution in [0.5, 0.6) is 11.5 Å². The van der Waals surface area contributed by atoms with Gasteiger partial charge in [0.25, 0.3) is 5.91 Å². The van der Waals surface area contributed by atoms with Crippen molar-refractivity contribution in [2.75, 3.05) is 59.7 Å². The molecule has 0 spiro atoms. The molecule has 4 rings (SSSR count). The van der Waals surface area contributed by atoms with Gasteiger partial charge in [-0.25, -0.2) is 0 Å². The van der Waals surface area contributed by atoms with E-state index in [9.17, 15) is 9.59 Å². The lowest BCUT2D eigenvalue weighted by atomic mass is 10.1. The van der Waals surface area contributed by atoms with Crippen LogP contribution in [0.25, 0.3) is 0 Å². The van der Waals surface area contributed by atoms with E-state index in [1.54, 1.807) is 23.1 Å². The number of hydrogen-bond donors (Lipinski definition) is 1. The van der Waals surface area contributed by atoms with Crippen molar-refractivity contribution in [1.29, 1.82) is 0 Å². The summed E-state index contributed by atoms with van der Waals surface area (Å²) in [4.78, 5) is 31.9. The number of benzene rings is 1. The predicted molar refractivity (Wildman–Crippen MR) is 94.3 cm³/mol. The lowest BCUT2D eigenvalue weighted by Gasteiger charge is -2.40. The van der Waals surface area contributed by atoms with Crippen molar-refractivity contribution in [2.24, 2.45) is 0 Å². The van der Waals surface area contributed by atoms with E-state index in [0.29, 0.717) is 49.8 Å². The first-order chi connectivity index (χ1) is 12.6. The van der Waals surface area contributed by atoms with Crippen LogP contribution in [0.15, 0.2) is 18.2 Å². The Morgan fingerprint density at radius 1 is 1.08 bits per heavy atom. The van der Waals surface area contributed by atoms with Crippen molar-refractivity contribution >= 4 is 11.8 Å². The van der Waals surface area contributed by atoms with Gasteiger partial charge in [-0.05, 0) is 25.2 Å². The summed E-state index contributed by atoms with van der Waals surface area (Å²) in [5.74, 6) is 1.11. The highest BCUT2D eigenvalue weighted by Gasteiger charge is 2.36. The topological polar surface area (TPSA) is 74.4 Å². The summed E-state index contributed by atoms with van der Waals surface area (Å²) in [6, 6.07) is 4.71. The number of ether oxygens (including phenoxy) is 2. The summed E-state index contributed by atoms with van der Waals surface area (Å²) in [5.41, 5.74) is 0.521. The van der Waals surface area contributed by atoms with Crippen LogP contribution >= 0.6 is 0 Å². The summed E-state index contributed by atoms with van der Waals surface area (Å²) < 4.78 is 10.7. The second kappa shape index (κ2) is 7.13. The van der Waals surface area contributed by atoms with Crippen LogP contribution in [0.1, 0.15) is 10.4 Å². The fraction of sp³-hybridized carbons (Fsp3) is 0.556. The Balaban J connectivity index is 1.51. The summed E-state index contributed by atoms with van der Waals surface area (Å²) in [5, 5.41) is 3.25. The lowest BCUT2D eigenvalue weighted by molar-refractivity contribution is -0.138. The van der Waals surface area contributed by atoms with Crippen molar-refractivity contribution in [2.45, 2.75) is 6.04 Å². The molecular formula is C18H24N4O4. The van der Waals surface area contributed by atoms with Crippen molar-refractivity contribution in [3.8, 4) is 11.5 Å². The van der Waals surface area contributed by atoms with E-state index >= 15 is 0 Å². The van der Waals surface area contributed by atoms with Crippen LogP contribution < -0.4 is 14.8 Å². The fourth-order valence-electron chi connectivity index (χ4n) is 3.60. The molecule has 3 aliphatic heterocycles. The van der Waals surface area contributed by atoms with Crippen molar-refractivity contribution in [1.82, 2.24) is 20.0 Å². The number of carbonyl (C=O) groups excluding carboxylic acids is 2. The molecule has 1 N–H and O–H groups in total. The van der Waals surface area contributed by atoms with Gasteiger partial charge in [-0.15, -0.1) is 0 Å². The first-order valence-electron chi connectivity index (χ1n) is 9.02. The molecule has 0 bridgehead atoms. The van der Waals surface area contributed by atoms with E-state index in [-0.39, 0.29) is 18.6 Å². The lowest BCUT2D eigenvalue weighted by Crippen LogP contribution is -2.62. The number of hydrogen-bond acceptors (Lipinski definition) is 6. The average Bonchev–Trinajstić information content (AvgIpc) is 3.15. The van der Waals surface area contributed by atoms with Gasteiger partial charge in [0.05, 0.1) is 0 Å². The molecule has 1 atom stereocenters. The molecule has 140 valence electrons. The van der Waals surface area contributed by atoms with Gasteiger partial charge in [-0.2, -0.15) is 0 Å². The van der Waals surface area contributed by atoms with Gasteiger partial charge in [-0.3, -0.25) is 9.59 Å². The number of carbonyl (C=O) groups is 2. The quantitative estimate of drug-likeness (QED) is 0.774. The van der Waals surface area contributed by atoms with E-state index in [4.69, 9.17) is 9.47 Å². The minimum atomic E-state index is -0.468. The number of piperazine rings is 2. The molecule has 1 aromatic rings. The van der Waals surface area contributed by atoms with E-state index in [1.165, 1.54) is 0 Å². The summed E-state index contributed by atoms with van der Waals surface area (Å²) in [6.45, 7) is 4.99. The van der Waals surface area contributed by atoms with E-state index < -0.39 is 6.04 Å². The van der Waals surface area contributed by atoms with Crippen LogP contribution in [0.3, 0.4) is 0 Å². The fourth-order valence-corrected chi connectivity index (χ4v) is 3.60. The Morgan fingerprint density at radius 2 is 1.85 bits per heavy atom. The van der Waals surface area contributed by atoms with Gasteiger partial charge in [-0.1, -0.05) is 0 Å². The highest BCUT2D eigenvalue weighted by Crippen LogP contribution is 2.33. The van der Waals surface area contributed by atoms with Crippen LogP contribution in [0.2, 0.25) is 0 Å². The van der Waals surface area contributed by atoms with E-state index in [2.05, 4.69) is 17.3 Å². The summed E-state index contributed by atoms with van der Waals surface area (Å²) >= 11 is 0. The van der Waals surface area contributed by atoms with Gasteiger partial charge in [0.15, 0.2) is 11.5 Å². The molecule has 0 aliphatic carbocycles. The van der Waals surface area contributed by atoms with Gasteiger partial charge in [0.2, 0.25) is 12.7 Å². The molecule has 3 heterocycles. The first-order valence-corrected chi connectivity index (χ1v) is 9.02. The van der Waals surface area contributed by atoms with Gasteiger partial charge in [0.1, 0.15) is 6.04 Å². The minimum Gasteiger partial charge on any atom is -0.454 e. The third kappa shape index (κ3) is 3.22. The maximum Gasteiger partial charge on any atom is 0.254 e. The number of rotatable bonds is 2. The van der Waals surface area contributed by atoms with Crippen LogP contribution in [0, 0.1) is 0 Å². The normalized spacial score (nSPS) is 23.2. The monoisotopic (exact) mass is 360 g/mol. The zero-order valence-corrected chi connectivity index (χ0v) is 14.9. The highest BCUT2D eigenvalue weighted by molar-refractivity contribution is 5.98. The number of nitrogens with zero attached hydrogens (tertiary/aromatic N) is 3.